The molecule has 5 rings (SSSR count). The number of nitrogens with zero attached hydrogens (tertiary/aromatic N) is 2. The topological polar surface area (TPSA) is 79.7 Å². The average molecular weight is 491 g/mol. The molecule has 1 atom stereocenters. The second-order valence-electron chi connectivity index (χ2n) is 8.81. The lowest BCUT2D eigenvalue weighted by atomic mass is 9.95. The number of likely N-dealkylation sites (tertiary alicyclic amines) is 1. The molecule has 0 saturated carbocycles. The summed E-state index contributed by atoms with van der Waals surface area (Å²) in [5.74, 6) is -0.863. The summed E-state index contributed by atoms with van der Waals surface area (Å²) in [7, 11) is 0. The van der Waals surface area contributed by atoms with Crippen molar-refractivity contribution >= 4 is 17.4 Å². The fourth-order valence-electron chi connectivity index (χ4n) is 4.50. The van der Waals surface area contributed by atoms with Gasteiger partial charge in [0.25, 0.3) is 11.7 Å². The maximum absolute atomic E-state index is 13.2. The Morgan fingerprint density at radius 3 is 2.08 bits per heavy atom. The Bertz CT molecular complexity index is 1400. The molecule has 0 spiro atoms. The first-order chi connectivity index (χ1) is 18.1. The minimum Gasteiger partial charge on any atom is -0.507 e. The van der Waals surface area contributed by atoms with Crippen molar-refractivity contribution in [1.82, 2.24) is 9.88 Å². The average Bonchev–Trinajstić information content (AvgIpc) is 3.21. The van der Waals surface area contributed by atoms with Gasteiger partial charge in [0.15, 0.2) is 0 Å². The predicted octanol–water partition coefficient (Wildman–Crippen LogP) is 5.33. The van der Waals surface area contributed by atoms with E-state index >= 15 is 0 Å². The quantitative estimate of drug-likeness (QED) is 0.205. The van der Waals surface area contributed by atoms with Gasteiger partial charge in [0.1, 0.15) is 18.1 Å². The minimum atomic E-state index is -0.722. The van der Waals surface area contributed by atoms with Crippen LogP contribution in [-0.2, 0) is 22.6 Å². The number of ether oxygens (including phenoxy) is 1. The summed E-state index contributed by atoms with van der Waals surface area (Å²) in [5.41, 5.74) is 3.33. The van der Waals surface area contributed by atoms with Gasteiger partial charge >= 0.3 is 0 Å². The van der Waals surface area contributed by atoms with E-state index in [9.17, 15) is 14.7 Å². The molecule has 0 aliphatic carbocycles. The molecule has 3 aromatic carbocycles. The number of carbonyl (C=O) groups excluding carboxylic acids is 2. The number of aliphatic hydroxyl groups is 1. The SMILES string of the molecule is O=C1C(=O)N(CCc2ccccc2)C(c2ccc(OCc3ccccc3)cc2)C1=C(O)c1ccncc1. The standard InChI is InChI=1S/C31H26N2O4/c34-29(25-15-18-32-19-16-25)27-28(33(31(36)30(27)35)20-17-22-7-3-1-4-8-22)24-11-13-26(14-12-24)37-21-23-9-5-2-6-10-23/h1-16,18-19,28,34H,17,20-21H2. The highest BCUT2D eigenvalue weighted by Crippen LogP contribution is 2.39. The molecular weight excluding hydrogens is 464 g/mol. The van der Waals surface area contributed by atoms with Crippen molar-refractivity contribution < 1.29 is 19.4 Å². The summed E-state index contributed by atoms with van der Waals surface area (Å²) in [4.78, 5) is 31.9. The Morgan fingerprint density at radius 1 is 0.811 bits per heavy atom. The number of aliphatic hydroxyl groups excluding tert-OH is 1. The number of rotatable bonds is 8. The first-order valence-electron chi connectivity index (χ1n) is 12.1. The fraction of sp³-hybridized carbons (Fsp3) is 0.129. The number of hydrogen-bond acceptors (Lipinski definition) is 5. The third-order valence-corrected chi connectivity index (χ3v) is 6.42. The van der Waals surface area contributed by atoms with Crippen LogP contribution in [0.25, 0.3) is 5.76 Å². The highest BCUT2D eigenvalue weighted by Gasteiger charge is 2.45. The molecule has 1 N–H and O–H groups in total. The van der Waals surface area contributed by atoms with E-state index in [2.05, 4.69) is 4.98 Å². The van der Waals surface area contributed by atoms with E-state index in [4.69, 9.17) is 4.74 Å². The molecule has 37 heavy (non-hydrogen) atoms. The van der Waals surface area contributed by atoms with Crippen LogP contribution in [0, 0.1) is 0 Å². The van der Waals surface area contributed by atoms with Crippen LogP contribution in [0.4, 0.5) is 0 Å². The summed E-state index contributed by atoms with van der Waals surface area (Å²) < 4.78 is 5.91. The van der Waals surface area contributed by atoms with E-state index in [1.54, 1.807) is 17.0 Å². The Labute approximate surface area is 215 Å². The third-order valence-electron chi connectivity index (χ3n) is 6.42. The molecule has 1 saturated heterocycles. The van der Waals surface area contributed by atoms with Crippen molar-refractivity contribution in [1.29, 1.82) is 0 Å². The van der Waals surface area contributed by atoms with Crippen molar-refractivity contribution in [3.63, 3.8) is 0 Å². The molecule has 0 bridgehead atoms. The van der Waals surface area contributed by atoms with Crippen molar-refractivity contribution in [2.24, 2.45) is 0 Å². The van der Waals surface area contributed by atoms with Crippen LogP contribution < -0.4 is 4.74 Å². The van der Waals surface area contributed by atoms with Crippen LogP contribution in [0.15, 0.2) is 115 Å². The maximum atomic E-state index is 13.2. The lowest BCUT2D eigenvalue weighted by molar-refractivity contribution is -0.139. The summed E-state index contributed by atoms with van der Waals surface area (Å²) in [6.07, 6.45) is 3.65. The van der Waals surface area contributed by atoms with Gasteiger partial charge in [0.2, 0.25) is 0 Å². The number of pyridine rings is 1. The largest absolute Gasteiger partial charge is 0.507 e. The Kier molecular flexibility index (Phi) is 7.08. The minimum absolute atomic E-state index is 0.0715. The van der Waals surface area contributed by atoms with Crippen molar-refractivity contribution in [3.8, 4) is 5.75 Å². The van der Waals surface area contributed by atoms with E-state index < -0.39 is 17.7 Å². The van der Waals surface area contributed by atoms with Gasteiger partial charge in [-0.1, -0.05) is 72.8 Å². The van der Waals surface area contributed by atoms with Crippen LogP contribution in [0.2, 0.25) is 0 Å². The van der Waals surface area contributed by atoms with Gasteiger partial charge in [-0.3, -0.25) is 14.6 Å². The Morgan fingerprint density at radius 2 is 1.43 bits per heavy atom. The smallest absolute Gasteiger partial charge is 0.295 e. The highest BCUT2D eigenvalue weighted by molar-refractivity contribution is 6.46. The van der Waals surface area contributed by atoms with E-state index in [1.165, 1.54) is 12.4 Å². The van der Waals surface area contributed by atoms with E-state index in [1.807, 2.05) is 84.9 Å². The monoisotopic (exact) mass is 490 g/mol. The Balaban J connectivity index is 1.46. The van der Waals surface area contributed by atoms with Gasteiger partial charge in [0, 0.05) is 24.5 Å². The van der Waals surface area contributed by atoms with Crippen molar-refractivity contribution in [2.75, 3.05) is 6.54 Å². The van der Waals surface area contributed by atoms with Gasteiger partial charge in [-0.2, -0.15) is 0 Å². The molecule has 6 nitrogen and oxygen atoms in total. The lowest BCUT2D eigenvalue weighted by Crippen LogP contribution is -2.31. The van der Waals surface area contributed by atoms with Crippen molar-refractivity contribution in [2.45, 2.75) is 19.1 Å². The van der Waals surface area contributed by atoms with Crippen LogP contribution >= 0.6 is 0 Å². The molecule has 2 heterocycles. The zero-order valence-corrected chi connectivity index (χ0v) is 20.2. The second kappa shape index (κ2) is 10.9. The normalized spacial score (nSPS) is 16.6. The summed E-state index contributed by atoms with van der Waals surface area (Å²) >= 11 is 0. The number of carbonyl (C=O) groups is 2. The first kappa shape index (κ1) is 24.0. The van der Waals surface area contributed by atoms with Gasteiger partial charge < -0.3 is 14.7 Å². The second-order valence-corrected chi connectivity index (χ2v) is 8.81. The van der Waals surface area contributed by atoms with Gasteiger partial charge in [0.05, 0.1) is 11.6 Å². The molecule has 1 unspecified atom stereocenters. The number of hydrogen-bond donors (Lipinski definition) is 1. The first-order valence-corrected chi connectivity index (χ1v) is 12.1. The molecule has 1 aliphatic heterocycles. The molecule has 6 heteroatoms. The number of Topliss-reactive ketones (excluding diaryl/α,β-unsaturated/α-hetero) is 1. The van der Waals surface area contributed by atoms with Gasteiger partial charge in [-0.05, 0) is 47.4 Å². The van der Waals surface area contributed by atoms with Crippen LogP contribution in [0.5, 0.6) is 5.75 Å². The molecule has 1 amide bonds. The van der Waals surface area contributed by atoms with Crippen molar-refractivity contribution in [3.05, 3.63) is 137 Å². The van der Waals surface area contributed by atoms with E-state index in [-0.39, 0.29) is 11.3 Å². The molecular formula is C31H26N2O4. The molecule has 1 aromatic heterocycles. The highest BCUT2D eigenvalue weighted by atomic mass is 16.5. The molecule has 4 aromatic rings. The summed E-state index contributed by atoms with van der Waals surface area (Å²) in [6.45, 7) is 0.760. The van der Waals surface area contributed by atoms with Gasteiger partial charge in [-0.15, -0.1) is 0 Å². The molecule has 184 valence electrons. The van der Waals surface area contributed by atoms with E-state index in [0.717, 1.165) is 16.7 Å². The molecule has 1 fully saturated rings. The lowest BCUT2D eigenvalue weighted by Gasteiger charge is -2.25. The maximum Gasteiger partial charge on any atom is 0.295 e. The molecule has 1 aliphatic rings. The van der Waals surface area contributed by atoms with Gasteiger partial charge in [-0.25, -0.2) is 0 Å². The number of aromatic nitrogens is 1. The zero-order chi connectivity index (χ0) is 25.6. The number of ketones is 1. The Hall–Kier alpha value is -4.71. The van der Waals surface area contributed by atoms with E-state index in [0.29, 0.717) is 30.9 Å². The molecule has 0 radical (unpaired) electrons. The van der Waals surface area contributed by atoms with Crippen LogP contribution in [-0.4, -0.2) is 33.2 Å². The third kappa shape index (κ3) is 5.28. The number of amides is 1. The van der Waals surface area contributed by atoms with Crippen LogP contribution in [0.1, 0.15) is 28.3 Å². The van der Waals surface area contributed by atoms with Crippen LogP contribution in [0.3, 0.4) is 0 Å². The zero-order valence-electron chi connectivity index (χ0n) is 20.2. The summed E-state index contributed by atoms with van der Waals surface area (Å²) in [6, 6.07) is 29.5. The predicted molar refractivity (Wildman–Crippen MR) is 141 cm³/mol. The fourth-order valence-corrected chi connectivity index (χ4v) is 4.50. The summed E-state index contributed by atoms with van der Waals surface area (Å²) in [5, 5.41) is 11.1. The number of benzene rings is 3.